The summed E-state index contributed by atoms with van der Waals surface area (Å²) in [4.78, 5) is 17.4. The number of pyridine rings is 1. The van der Waals surface area contributed by atoms with Crippen LogP contribution in [0.3, 0.4) is 0 Å². The van der Waals surface area contributed by atoms with Crippen molar-refractivity contribution in [3.63, 3.8) is 0 Å². The molecule has 0 saturated carbocycles. The van der Waals surface area contributed by atoms with Crippen LogP contribution in [-0.4, -0.2) is 35.6 Å². The molecule has 138 valence electrons. The monoisotopic (exact) mass is 378 g/mol. The molecule has 1 atom stereocenters. The Morgan fingerprint density at radius 3 is 2.56 bits per heavy atom. The van der Waals surface area contributed by atoms with Gasteiger partial charge < -0.3 is 15.0 Å². The number of H-pyrrole nitrogens is 1. The van der Waals surface area contributed by atoms with Crippen LogP contribution in [0.1, 0.15) is 18.4 Å². The lowest BCUT2D eigenvalue weighted by Gasteiger charge is -2.18. The molecule has 0 aliphatic rings. The number of fused-ring (bicyclic) bond motifs is 3. The number of benzene rings is 2. The van der Waals surface area contributed by atoms with E-state index in [1.54, 1.807) is 12.1 Å². The van der Waals surface area contributed by atoms with Crippen molar-refractivity contribution in [3.8, 4) is 16.9 Å². The highest BCUT2D eigenvalue weighted by Crippen LogP contribution is 2.39. The molecule has 2 heterocycles. The van der Waals surface area contributed by atoms with E-state index in [-0.39, 0.29) is 11.3 Å². The van der Waals surface area contributed by atoms with Gasteiger partial charge in [0.1, 0.15) is 10.4 Å². The summed E-state index contributed by atoms with van der Waals surface area (Å²) in [5.74, 6) is 0.645. The third-order valence-corrected chi connectivity index (χ3v) is 5.89. The van der Waals surface area contributed by atoms with E-state index in [0.717, 1.165) is 34.0 Å². The molecule has 0 spiro atoms. The molecule has 0 aliphatic carbocycles. The molecule has 0 amide bonds. The van der Waals surface area contributed by atoms with Gasteiger partial charge in [-0.05, 0) is 54.7 Å². The molecule has 0 saturated heterocycles. The number of aromatic amines is 1. The smallest absolute Gasteiger partial charge is 0.266 e. The van der Waals surface area contributed by atoms with Crippen molar-refractivity contribution in [2.24, 2.45) is 0 Å². The average Bonchev–Trinajstić information content (AvgIpc) is 3.12. The summed E-state index contributed by atoms with van der Waals surface area (Å²) in [6, 6.07) is 13.7. The fraction of sp³-hybridized carbons (Fsp3) is 0.227. The summed E-state index contributed by atoms with van der Waals surface area (Å²) in [6.07, 6.45) is 0. The molecule has 1 unspecified atom stereocenters. The number of hydrogen-bond donors (Lipinski definition) is 2. The van der Waals surface area contributed by atoms with Gasteiger partial charge in [-0.15, -0.1) is 11.3 Å². The zero-order valence-corrected chi connectivity index (χ0v) is 16.4. The van der Waals surface area contributed by atoms with Crippen LogP contribution >= 0.6 is 11.3 Å². The minimum Gasteiger partial charge on any atom is -0.507 e. The van der Waals surface area contributed by atoms with Gasteiger partial charge in [-0.1, -0.05) is 31.2 Å². The summed E-state index contributed by atoms with van der Waals surface area (Å²) < 4.78 is 0.686. The van der Waals surface area contributed by atoms with Crippen LogP contribution in [0.4, 0.5) is 0 Å². The summed E-state index contributed by atoms with van der Waals surface area (Å²) >= 11 is 1.42. The number of aromatic nitrogens is 1. The van der Waals surface area contributed by atoms with Crippen LogP contribution in [0.25, 0.3) is 32.1 Å². The zero-order valence-electron chi connectivity index (χ0n) is 15.6. The Morgan fingerprint density at radius 2 is 1.85 bits per heavy atom. The van der Waals surface area contributed by atoms with Crippen molar-refractivity contribution in [2.45, 2.75) is 12.8 Å². The Morgan fingerprint density at radius 1 is 1.11 bits per heavy atom. The van der Waals surface area contributed by atoms with Crippen LogP contribution < -0.4 is 5.56 Å². The van der Waals surface area contributed by atoms with Crippen LogP contribution in [0, 0.1) is 0 Å². The van der Waals surface area contributed by atoms with E-state index in [4.69, 9.17) is 0 Å². The summed E-state index contributed by atoms with van der Waals surface area (Å²) in [5.41, 5.74) is 3.62. The molecule has 0 fully saturated rings. The first kappa shape index (κ1) is 17.8. The standard InChI is InChI=1S/C22H22N2O2S/c1-13(12-24(2)3)14-4-6-15(7-5-14)19-18(25)9-8-17-20(19)16-10-11-27-21(16)22(26)23-17/h4-11,13,25H,12H2,1-3H3,(H,23,26). The van der Waals surface area contributed by atoms with Crippen molar-refractivity contribution in [3.05, 3.63) is 63.8 Å². The van der Waals surface area contributed by atoms with Gasteiger partial charge in [0.25, 0.3) is 5.56 Å². The number of aromatic hydroxyl groups is 1. The Balaban J connectivity index is 1.90. The second-order valence-corrected chi connectivity index (χ2v) is 8.20. The molecule has 5 heteroatoms. The molecule has 2 aromatic heterocycles. The van der Waals surface area contributed by atoms with E-state index in [2.05, 4.69) is 55.2 Å². The molecule has 2 N–H and O–H groups in total. The van der Waals surface area contributed by atoms with Gasteiger partial charge in [0, 0.05) is 28.4 Å². The Bertz CT molecular complexity index is 1170. The zero-order chi connectivity index (χ0) is 19.1. The largest absolute Gasteiger partial charge is 0.507 e. The second-order valence-electron chi connectivity index (χ2n) is 7.29. The predicted octanol–water partition coefficient (Wildman–Crippen LogP) is 4.78. The minimum atomic E-state index is -0.0861. The quantitative estimate of drug-likeness (QED) is 0.537. The Labute approximate surface area is 161 Å². The molecule has 0 bridgehead atoms. The average molecular weight is 378 g/mol. The van der Waals surface area contributed by atoms with Gasteiger partial charge in [0.15, 0.2) is 0 Å². The lowest BCUT2D eigenvalue weighted by atomic mass is 9.94. The summed E-state index contributed by atoms with van der Waals surface area (Å²) in [5, 5.41) is 14.3. The fourth-order valence-electron chi connectivity index (χ4n) is 3.76. The number of thiophene rings is 1. The van der Waals surface area contributed by atoms with E-state index in [9.17, 15) is 9.90 Å². The van der Waals surface area contributed by atoms with E-state index < -0.39 is 0 Å². The molecule has 0 aliphatic heterocycles. The van der Waals surface area contributed by atoms with Crippen LogP contribution in [0.2, 0.25) is 0 Å². The van der Waals surface area contributed by atoms with Gasteiger partial charge in [-0.3, -0.25) is 4.79 Å². The number of likely N-dealkylation sites (N-methyl/N-ethyl adjacent to an activating group) is 1. The topological polar surface area (TPSA) is 56.3 Å². The van der Waals surface area contributed by atoms with Gasteiger partial charge in [-0.25, -0.2) is 0 Å². The maximum atomic E-state index is 12.3. The maximum Gasteiger partial charge on any atom is 0.266 e. The van der Waals surface area contributed by atoms with Crippen molar-refractivity contribution < 1.29 is 5.11 Å². The lowest BCUT2D eigenvalue weighted by Crippen LogP contribution is -2.18. The Kier molecular flexibility index (Phi) is 4.50. The molecule has 0 radical (unpaired) electrons. The number of phenolic OH excluding ortho intramolecular Hbond substituents is 1. The number of nitrogens with zero attached hydrogens (tertiary/aromatic N) is 1. The third kappa shape index (κ3) is 3.13. The highest BCUT2D eigenvalue weighted by Gasteiger charge is 2.16. The maximum absolute atomic E-state index is 12.3. The van der Waals surface area contributed by atoms with Crippen molar-refractivity contribution in [2.75, 3.05) is 20.6 Å². The minimum absolute atomic E-state index is 0.0861. The summed E-state index contributed by atoms with van der Waals surface area (Å²) in [6.45, 7) is 3.19. The summed E-state index contributed by atoms with van der Waals surface area (Å²) in [7, 11) is 4.15. The third-order valence-electron chi connectivity index (χ3n) is 4.98. The second kappa shape index (κ2) is 6.83. The van der Waals surface area contributed by atoms with Crippen LogP contribution in [-0.2, 0) is 0 Å². The highest BCUT2D eigenvalue weighted by atomic mass is 32.1. The SMILES string of the molecule is CC(CN(C)C)c1ccc(-c2c(O)ccc3[nH]c(=O)c4sccc4c23)cc1. The number of hydrogen-bond acceptors (Lipinski definition) is 4. The van der Waals surface area contributed by atoms with Crippen molar-refractivity contribution >= 4 is 32.3 Å². The highest BCUT2D eigenvalue weighted by molar-refractivity contribution is 7.17. The molecular formula is C22H22N2O2S. The Hall–Kier alpha value is -2.63. The first-order valence-electron chi connectivity index (χ1n) is 8.96. The molecule has 4 rings (SSSR count). The van der Waals surface area contributed by atoms with E-state index >= 15 is 0 Å². The molecule has 27 heavy (non-hydrogen) atoms. The predicted molar refractivity (Wildman–Crippen MR) is 114 cm³/mol. The van der Waals surface area contributed by atoms with Crippen LogP contribution in [0.5, 0.6) is 5.75 Å². The van der Waals surface area contributed by atoms with Gasteiger partial charge in [0.05, 0.1) is 0 Å². The first-order valence-corrected chi connectivity index (χ1v) is 9.84. The van der Waals surface area contributed by atoms with Gasteiger partial charge >= 0.3 is 0 Å². The van der Waals surface area contributed by atoms with Crippen molar-refractivity contribution in [1.82, 2.24) is 9.88 Å². The van der Waals surface area contributed by atoms with E-state index in [0.29, 0.717) is 10.6 Å². The van der Waals surface area contributed by atoms with Crippen molar-refractivity contribution in [1.29, 1.82) is 0 Å². The van der Waals surface area contributed by atoms with Gasteiger partial charge in [-0.2, -0.15) is 0 Å². The number of phenols is 1. The lowest BCUT2D eigenvalue weighted by molar-refractivity contribution is 0.383. The first-order chi connectivity index (χ1) is 13.0. The molecular weight excluding hydrogens is 356 g/mol. The van der Waals surface area contributed by atoms with E-state index in [1.165, 1.54) is 16.9 Å². The molecule has 4 nitrogen and oxygen atoms in total. The molecule has 4 aromatic rings. The van der Waals surface area contributed by atoms with Gasteiger partial charge in [0.2, 0.25) is 0 Å². The molecule has 2 aromatic carbocycles. The normalized spacial score (nSPS) is 12.9. The van der Waals surface area contributed by atoms with E-state index in [1.807, 2.05) is 11.4 Å². The fourth-order valence-corrected chi connectivity index (χ4v) is 4.56. The van der Waals surface area contributed by atoms with Crippen LogP contribution in [0.15, 0.2) is 52.6 Å². The number of rotatable bonds is 4. The number of nitrogens with one attached hydrogen (secondary N) is 1.